The minimum atomic E-state index is -0.125. The maximum absolute atomic E-state index is 10.0. The molecular weight excluding hydrogens is 1160 g/mol. The molecule has 13 rings (SSSR count). The van der Waals surface area contributed by atoms with E-state index in [9.17, 15) is 4.79 Å². The number of allylic oxidation sites excluding steroid dienone is 2. The van der Waals surface area contributed by atoms with Gasteiger partial charge in [-0.1, -0.05) is 238 Å². The van der Waals surface area contributed by atoms with Crippen LogP contribution in [0.3, 0.4) is 0 Å². The minimum absolute atomic E-state index is 0. The van der Waals surface area contributed by atoms with E-state index in [1.54, 1.807) is 0 Å². The number of benzene rings is 10. The normalized spacial score (nSPS) is 11.9. The summed E-state index contributed by atoms with van der Waals surface area (Å²) in [4.78, 5) is 15.0. The minimum Gasteiger partial charge on any atom is -0.512 e. The average Bonchev–Trinajstić information content (AvgIpc) is 4.13. The van der Waals surface area contributed by atoms with Crippen molar-refractivity contribution in [3.8, 4) is 66.9 Å². The SMILES string of the molecule is CC(=O)C=C(C)O.Cc1[c-]c(-c2cc(-c3ccccc3)c3cc(-c4ccccc4)ccc3n2)cc(C)c1.[B]CP.[Ir].c1ccc2c(c1)-c1ccccc1C2c1ccc(-c2ccc(C3c4ccccc4-c4ccccc43)cc2)cc1. The molecule has 0 aliphatic heterocycles. The average molecular weight is 1220 g/mol. The quantitative estimate of drug-likeness (QED) is 0.0569. The number of aliphatic hydroxyl groups is 1. The van der Waals surface area contributed by atoms with Gasteiger partial charge in [0.1, 0.15) is 0 Å². The third kappa shape index (κ3) is 12.5. The van der Waals surface area contributed by atoms with Gasteiger partial charge in [0.25, 0.3) is 0 Å². The molecule has 0 saturated carbocycles. The Morgan fingerprint density at radius 2 is 0.899 bits per heavy atom. The first-order valence-corrected chi connectivity index (χ1v) is 27.3. The number of fused-ring (bicyclic) bond motifs is 7. The van der Waals surface area contributed by atoms with Crippen LogP contribution >= 0.6 is 9.24 Å². The van der Waals surface area contributed by atoms with Gasteiger partial charge in [0, 0.05) is 43.4 Å². The molecular formula is C73H60BIrNO2P-. The summed E-state index contributed by atoms with van der Waals surface area (Å²) < 4.78 is 0. The number of aryl methyl sites for hydroxylation is 2. The Balaban J connectivity index is 0.000000165. The molecule has 1 N–H and O–H groups in total. The molecule has 2 aliphatic rings. The summed E-state index contributed by atoms with van der Waals surface area (Å²) in [5.74, 6) is 0.523. The second-order valence-electron chi connectivity index (χ2n) is 19.9. The fourth-order valence-corrected chi connectivity index (χ4v) is 11.1. The summed E-state index contributed by atoms with van der Waals surface area (Å²) in [6, 6.07) is 92.1. The van der Waals surface area contributed by atoms with Crippen molar-refractivity contribution in [2.24, 2.45) is 0 Å². The Morgan fingerprint density at radius 3 is 1.30 bits per heavy atom. The zero-order chi connectivity index (χ0) is 54.1. The molecule has 10 aromatic carbocycles. The van der Waals surface area contributed by atoms with E-state index in [1.165, 1.54) is 115 Å². The molecule has 0 spiro atoms. The van der Waals surface area contributed by atoms with Crippen LogP contribution in [-0.2, 0) is 24.9 Å². The zero-order valence-electron chi connectivity index (χ0n) is 44.8. The number of pyridine rings is 1. The Labute approximate surface area is 483 Å². The predicted octanol–water partition coefficient (Wildman–Crippen LogP) is 18.3. The summed E-state index contributed by atoms with van der Waals surface area (Å²) >= 11 is 0. The van der Waals surface area contributed by atoms with Crippen molar-refractivity contribution in [3.05, 3.63) is 305 Å². The fourth-order valence-electron chi connectivity index (χ4n) is 11.1. The van der Waals surface area contributed by atoms with Crippen LogP contribution in [0.15, 0.2) is 254 Å². The number of carbonyl (C=O) groups is 1. The van der Waals surface area contributed by atoms with Crippen molar-refractivity contribution in [1.82, 2.24) is 4.98 Å². The van der Waals surface area contributed by atoms with Gasteiger partial charge in [-0.2, -0.15) is 0 Å². The molecule has 0 amide bonds. The van der Waals surface area contributed by atoms with Crippen molar-refractivity contribution >= 4 is 33.8 Å². The molecule has 0 saturated heterocycles. The summed E-state index contributed by atoms with van der Waals surface area (Å²) in [5, 5.41) is 9.53. The topological polar surface area (TPSA) is 50.2 Å². The summed E-state index contributed by atoms with van der Waals surface area (Å²) in [6.45, 7) is 7.05. The molecule has 0 fully saturated rings. The number of nitrogens with zero attached hydrogens (tertiary/aromatic N) is 1. The third-order valence-corrected chi connectivity index (χ3v) is 14.3. The van der Waals surface area contributed by atoms with Crippen molar-refractivity contribution in [2.45, 2.75) is 39.5 Å². The standard InChI is InChI=1S/C38H26.C29H22N.C5H8O2.CH4BP.Ir/c1-5-13-33-29(9-1)30-10-2-6-14-34(30)37(33)27-21-17-25(18-22-27)26-19-23-28(24-20-26)38-35-15-7-3-11-31(35)32-12-4-8-16-36(32)38;1-20-15-21(2)17-25(16-20)29-19-26(23-11-7-4-8-12-23)27-18-24(13-14-28(27)30-29)22-9-5-3-6-10-22;1-4(6)3-5(2)7;2-1-3;/h1-24,37-38H;3-16,18-19H,1-2H3;3,6H,1-2H3;1,3H2;/q;-1;;;. The molecule has 1 aromatic heterocycles. The van der Waals surface area contributed by atoms with Gasteiger partial charge in [-0.3, -0.25) is 9.78 Å². The zero-order valence-corrected chi connectivity index (χ0v) is 48.4. The second-order valence-corrected chi connectivity index (χ2v) is 20.3. The molecule has 1 heterocycles. The molecule has 0 bridgehead atoms. The van der Waals surface area contributed by atoms with Crippen molar-refractivity contribution in [3.63, 3.8) is 0 Å². The van der Waals surface area contributed by atoms with E-state index >= 15 is 0 Å². The number of hydrogen-bond acceptors (Lipinski definition) is 3. The molecule has 3 radical (unpaired) electrons. The Morgan fingerprint density at radius 1 is 0.506 bits per heavy atom. The molecule has 6 heteroatoms. The second kappa shape index (κ2) is 25.6. The van der Waals surface area contributed by atoms with Crippen molar-refractivity contribution in [2.75, 3.05) is 6.06 Å². The third-order valence-electron chi connectivity index (χ3n) is 14.3. The molecule has 79 heavy (non-hydrogen) atoms. The largest absolute Gasteiger partial charge is 0.512 e. The van der Waals surface area contributed by atoms with Crippen LogP contribution in [-0.4, -0.2) is 29.8 Å². The van der Waals surface area contributed by atoms with Crippen LogP contribution in [0.4, 0.5) is 0 Å². The summed E-state index contributed by atoms with van der Waals surface area (Å²) in [7, 11) is 7.17. The summed E-state index contributed by atoms with van der Waals surface area (Å²) in [6.07, 6.45) is 1.17. The van der Waals surface area contributed by atoms with Crippen molar-refractivity contribution in [1.29, 1.82) is 0 Å². The first-order chi connectivity index (χ1) is 38.1. The van der Waals surface area contributed by atoms with E-state index in [0.717, 1.165) is 27.7 Å². The fraction of sp³-hybridized carbons (Fsp3) is 0.0959. The number of aromatic nitrogens is 1. The van der Waals surface area contributed by atoms with E-state index in [0.29, 0.717) is 17.9 Å². The Bertz CT molecular complexity index is 3680. The van der Waals surface area contributed by atoms with Crippen LogP contribution in [0.25, 0.3) is 77.8 Å². The molecule has 1 atom stereocenters. The van der Waals surface area contributed by atoms with E-state index in [2.05, 4.69) is 266 Å². The molecule has 11 aromatic rings. The smallest absolute Gasteiger partial charge is 0.155 e. The number of ketones is 1. The Kier molecular flexibility index (Phi) is 18.1. The van der Waals surface area contributed by atoms with Crippen LogP contribution in [0, 0.1) is 19.9 Å². The predicted molar refractivity (Wildman–Crippen MR) is 331 cm³/mol. The molecule has 2 aliphatic carbocycles. The van der Waals surface area contributed by atoms with Crippen molar-refractivity contribution < 1.29 is 30.0 Å². The monoisotopic (exact) mass is 1220 g/mol. The number of rotatable bonds is 7. The number of hydrogen-bond donors (Lipinski definition) is 1. The van der Waals surface area contributed by atoms with E-state index < -0.39 is 0 Å². The van der Waals surface area contributed by atoms with Gasteiger partial charge in [0.15, 0.2) is 5.78 Å². The van der Waals surface area contributed by atoms with Gasteiger partial charge < -0.3 is 5.11 Å². The van der Waals surface area contributed by atoms with E-state index in [4.69, 9.17) is 17.9 Å². The first-order valence-electron chi connectivity index (χ1n) is 26.5. The van der Waals surface area contributed by atoms with Gasteiger partial charge >= 0.3 is 0 Å². The molecule has 387 valence electrons. The number of aliphatic hydroxyl groups excluding tert-OH is 1. The van der Waals surface area contributed by atoms with E-state index in [-0.39, 0.29) is 31.6 Å². The van der Waals surface area contributed by atoms with E-state index in [1.807, 2.05) is 6.07 Å². The molecule has 1 unspecified atom stereocenters. The van der Waals surface area contributed by atoms with Gasteiger partial charge in [-0.05, 0) is 121 Å². The van der Waals surface area contributed by atoms with Gasteiger partial charge in [-0.25, -0.2) is 0 Å². The maximum Gasteiger partial charge on any atom is 0.155 e. The van der Waals surface area contributed by atoms with Gasteiger partial charge in [0.05, 0.1) is 19.1 Å². The molecule has 3 nitrogen and oxygen atoms in total. The Hall–Kier alpha value is -8.04. The van der Waals surface area contributed by atoms with Crippen LogP contribution < -0.4 is 0 Å². The van der Waals surface area contributed by atoms with Crippen LogP contribution in [0.1, 0.15) is 70.2 Å². The summed E-state index contributed by atoms with van der Waals surface area (Å²) in [5.41, 5.74) is 26.4. The first kappa shape index (κ1) is 55.7. The van der Waals surface area contributed by atoms with Crippen LogP contribution in [0.2, 0.25) is 0 Å². The number of carbonyl (C=O) groups excluding carboxylic acids is 1. The van der Waals surface area contributed by atoms with Crippen LogP contribution in [0.5, 0.6) is 0 Å². The van der Waals surface area contributed by atoms with Gasteiger partial charge in [0.2, 0.25) is 0 Å². The maximum atomic E-state index is 10.0. The van der Waals surface area contributed by atoms with Gasteiger partial charge in [-0.15, -0.1) is 44.1 Å².